The first-order valence-electron chi connectivity index (χ1n) is 13.9. The Bertz CT molecular complexity index is 578. The molecule has 14 nitrogen and oxygen atoms in total. The molecule has 1 N–H and O–H groups in total. The number of rotatable bonds is 35. The predicted molar refractivity (Wildman–Crippen MR) is 146 cm³/mol. The molecule has 0 saturated carbocycles. The van der Waals surface area contributed by atoms with Gasteiger partial charge in [-0.05, 0) is 0 Å². The van der Waals surface area contributed by atoms with E-state index in [0.717, 1.165) is 0 Å². The van der Waals surface area contributed by atoms with E-state index < -0.39 is 11.9 Å². The second-order valence-corrected chi connectivity index (χ2v) is 7.99. The highest BCUT2D eigenvalue weighted by molar-refractivity contribution is 5.76. The van der Waals surface area contributed by atoms with E-state index in [1.165, 1.54) is 0 Å². The van der Waals surface area contributed by atoms with E-state index in [1.807, 2.05) is 0 Å². The van der Waals surface area contributed by atoms with Crippen molar-refractivity contribution >= 4 is 11.9 Å². The molecule has 0 aromatic heterocycles. The van der Waals surface area contributed by atoms with E-state index in [1.54, 1.807) is 6.08 Å². The molecule has 0 fully saturated rings. The van der Waals surface area contributed by atoms with Crippen LogP contribution in [0.3, 0.4) is 0 Å². The second-order valence-electron chi connectivity index (χ2n) is 7.99. The van der Waals surface area contributed by atoms with Gasteiger partial charge in [0.1, 0.15) is 6.61 Å². The Morgan fingerprint density at radius 1 is 0.439 bits per heavy atom. The maximum Gasteiger partial charge on any atom is 0.306 e. The molecule has 0 aromatic carbocycles. The van der Waals surface area contributed by atoms with Gasteiger partial charge in [-0.1, -0.05) is 6.08 Å². The zero-order valence-electron chi connectivity index (χ0n) is 24.3. The van der Waals surface area contributed by atoms with Crippen molar-refractivity contribution in [2.45, 2.75) is 12.8 Å². The number of esters is 1. The van der Waals surface area contributed by atoms with Gasteiger partial charge in [-0.25, -0.2) is 0 Å². The lowest BCUT2D eigenvalue weighted by molar-refractivity contribution is -0.149. The minimum absolute atomic E-state index is 0.0828. The van der Waals surface area contributed by atoms with Crippen molar-refractivity contribution in [1.82, 2.24) is 0 Å². The summed E-state index contributed by atoms with van der Waals surface area (Å²) in [5, 5.41) is 8.47. The summed E-state index contributed by atoms with van der Waals surface area (Å²) < 4.78 is 58.5. The largest absolute Gasteiger partial charge is 0.481 e. The molecule has 0 spiro atoms. The summed E-state index contributed by atoms with van der Waals surface area (Å²) in [5.41, 5.74) is 0. The van der Waals surface area contributed by atoms with Crippen molar-refractivity contribution in [3.05, 3.63) is 12.7 Å². The lowest BCUT2D eigenvalue weighted by atomic mass is 10.3. The molecule has 0 saturated heterocycles. The molecule has 0 atom stereocenters. The Balaban J connectivity index is 3.08. The van der Waals surface area contributed by atoms with Crippen LogP contribution in [0.5, 0.6) is 0 Å². The Morgan fingerprint density at radius 3 is 0.976 bits per heavy atom. The molecule has 0 unspecified atom stereocenters. The first kappa shape index (κ1) is 39.3. The van der Waals surface area contributed by atoms with Gasteiger partial charge >= 0.3 is 11.9 Å². The summed E-state index contributed by atoms with van der Waals surface area (Å²) >= 11 is 0. The number of carboxylic acid groups (broad SMARTS) is 1. The highest BCUT2D eigenvalue weighted by Crippen LogP contribution is 1.93. The van der Waals surface area contributed by atoms with Crippen LogP contribution in [-0.4, -0.2) is 156 Å². The van der Waals surface area contributed by atoms with Gasteiger partial charge in [0.25, 0.3) is 0 Å². The maximum atomic E-state index is 11.2. The molecule has 0 aliphatic rings. The molecular weight excluding hydrogens is 548 g/mol. The molecule has 0 aliphatic carbocycles. The highest BCUT2D eigenvalue weighted by Gasteiger charge is 2.06. The van der Waals surface area contributed by atoms with Crippen molar-refractivity contribution in [2.75, 3.05) is 139 Å². The molecule has 0 heterocycles. The number of ether oxygens (including phenoxy) is 11. The minimum atomic E-state index is -1.03. The van der Waals surface area contributed by atoms with Gasteiger partial charge in [-0.15, -0.1) is 6.58 Å². The Hall–Kier alpha value is -1.72. The van der Waals surface area contributed by atoms with Gasteiger partial charge in [0.15, 0.2) is 0 Å². The number of aliphatic carboxylic acids is 1. The van der Waals surface area contributed by atoms with Crippen LogP contribution in [0.15, 0.2) is 12.7 Å². The summed E-state index contributed by atoms with van der Waals surface area (Å²) in [4.78, 5) is 21.5. The van der Waals surface area contributed by atoms with Crippen LogP contribution < -0.4 is 0 Å². The van der Waals surface area contributed by atoms with Crippen molar-refractivity contribution in [1.29, 1.82) is 0 Å². The van der Waals surface area contributed by atoms with E-state index in [9.17, 15) is 9.59 Å². The Morgan fingerprint density at radius 2 is 0.707 bits per heavy atom. The molecule has 0 bridgehead atoms. The Kier molecular flexibility index (Phi) is 33.0. The quantitative estimate of drug-likeness (QED) is 0.0619. The van der Waals surface area contributed by atoms with Crippen LogP contribution in [0.25, 0.3) is 0 Å². The molecule has 41 heavy (non-hydrogen) atoms. The van der Waals surface area contributed by atoms with E-state index in [-0.39, 0.29) is 26.1 Å². The maximum absolute atomic E-state index is 11.2. The van der Waals surface area contributed by atoms with E-state index in [0.29, 0.717) is 126 Å². The lowest BCUT2D eigenvalue weighted by Gasteiger charge is -2.09. The number of carboxylic acids is 1. The van der Waals surface area contributed by atoms with Gasteiger partial charge in [0.05, 0.1) is 145 Å². The lowest BCUT2D eigenvalue weighted by Crippen LogP contribution is -2.15. The summed E-state index contributed by atoms with van der Waals surface area (Å²) in [6, 6.07) is 0. The third kappa shape index (κ3) is 36.3. The zero-order valence-corrected chi connectivity index (χ0v) is 24.3. The van der Waals surface area contributed by atoms with Gasteiger partial charge < -0.3 is 57.2 Å². The number of hydrogen-bond acceptors (Lipinski definition) is 13. The van der Waals surface area contributed by atoms with Crippen LogP contribution in [0.1, 0.15) is 12.8 Å². The van der Waals surface area contributed by atoms with E-state index >= 15 is 0 Å². The van der Waals surface area contributed by atoms with Crippen molar-refractivity contribution in [2.24, 2.45) is 0 Å². The van der Waals surface area contributed by atoms with Crippen LogP contribution in [0.2, 0.25) is 0 Å². The third-order valence-electron chi connectivity index (χ3n) is 4.62. The summed E-state index contributed by atoms with van der Waals surface area (Å²) in [7, 11) is 0. The predicted octanol–water partition coefficient (Wildman–Crippen LogP) is 0.746. The molecule has 14 heteroatoms. The number of carbonyl (C=O) groups is 2. The number of carbonyl (C=O) groups excluding carboxylic acids is 1. The zero-order chi connectivity index (χ0) is 29.9. The van der Waals surface area contributed by atoms with Crippen LogP contribution in [0.4, 0.5) is 0 Å². The van der Waals surface area contributed by atoms with E-state index in [2.05, 4.69) is 6.58 Å². The van der Waals surface area contributed by atoms with Gasteiger partial charge in [0.2, 0.25) is 0 Å². The summed E-state index contributed by atoms with van der Waals surface area (Å²) in [5.74, 6) is -1.59. The van der Waals surface area contributed by atoms with Crippen molar-refractivity contribution in [3.8, 4) is 0 Å². The standard InChI is InChI=1S/C27H50O14/c1-2-5-31-6-7-32-8-9-33-10-11-34-12-13-35-14-15-36-16-17-37-18-19-38-20-21-39-22-23-40-24-25-41-27(30)4-3-26(28)29/h2H,1,3-25H2,(H,28,29). The van der Waals surface area contributed by atoms with Crippen LogP contribution in [0, 0.1) is 0 Å². The summed E-state index contributed by atoms with van der Waals surface area (Å²) in [6.07, 6.45) is 1.32. The molecular formula is C27H50O14. The molecule has 0 amide bonds. The van der Waals surface area contributed by atoms with Crippen molar-refractivity contribution in [3.63, 3.8) is 0 Å². The molecule has 0 aliphatic heterocycles. The average molecular weight is 599 g/mol. The topological polar surface area (TPSA) is 156 Å². The molecule has 0 rings (SSSR count). The van der Waals surface area contributed by atoms with Crippen molar-refractivity contribution < 1.29 is 66.8 Å². The highest BCUT2D eigenvalue weighted by atomic mass is 16.6. The first-order valence-corrected chi connectivity index (χ1v) is 13.9. The summed E-state index contributed by atoms with van der Waals surface area (Å²) in [6.45, 7) is 13.0. The fraction of sp³-hybridized carbons (Fsp3) is 0.852. The van der Waals surface area contributed by atoms with Gasteiger partial charge in [-0.2, -0.15) is 0 Å². The SMILES string of the molecule is C=CCOCCOCCOCCOCCOCCOCCOCCOCCOCCOCCOC(=O)CCC(=O)O. The molecule has 0 radical (unpaired) electrons. The molecule has 242 valence electrons. The van der Waals surface area contributed by atoms with Gasteiger partial charge in [0, 0.05) is 0 Å². The average Bonchev–Trinajstić information content (AvgIpc) is 2.96. The molecule has 0 aromatic rings. The van der Waals surface area contributed by atoms with Crippen LogP contribution in [-0.2, 0) is 61.7 Å². The first-order chi connectivity index (χ1) is 20.2. The fourth-order valence-electron chi connectivity index (χ4n) is 2.64. The minimum Gasteiger partial charge on any atom is -0.481 e. The second kappa shape index (κ2) is 34.5. The number of hydrogen-bond donors (Lipinski definition) is 1. The van der Waals surface area contributed by atoms with Gasteiger partial charge in [-0.3, -0.25) is 9.59 Å². The Labute approximate surface area is 243 Å². The van der Waals surface area contributed by atoms with Crippen LogP contribution >= 0.6 is 0 Å². The fourth-order valence-corrected chi connectivity index (χ4v) is 2.64. The monoisotopic (exact) mass is 598 g/mol. The van der Waals surface area contributed by atoms with E-state index in [4.69, 9.17) is 57.2 Å². The normalized spacial score (nSPS) is 11.1. The smallest absolute Gasteiger partial charge is 0.306 e. The third-order valence-corrected chi connectivity index (χ3v) is 4.62.